The molecule has 0 bridgehead atoms. The van der Waals surface area contributed by atoms with Gasteiger partial charge in [0.05, 0.1) is 11.0 Å². The van der Waals surface area contributed by atoms with Crippen molar-refractivity contribution in [3.8, 4) is 62.1 Å². The summed E-state index contributed by atoms with van der Waals surface area (Å²) in [6.45, 7) is 0. The predicted molar refractivity (Wildman–Crippen MR) is 229 cm³/mol. The number of benzene rings is 8. The first-order valence-corrected chi connectivity index (χ1v) is 18.8. The molecular formula is C51H32N4O. The molecule has 262 valence electrons. The first-order valence-electron chi connectivity index (χ1n) is 18.8. The van der Waals surface area contributed by atoms with Gasteiger partial charge in [0.25, 0.3) is 0 Å². The first kappa shape index (κ1) is 31.9. The molecule has 0 amide bonds. The summed E-state index contributed by atoms with van der Waals surface area (Å²) >= 11 is 0. The molecular weight excluding hydrogens is 685 g/mol. The van der Waals surface area contributed by atoms with Crippen LogP contribution in [0.5, 0.6) is 0 Å². The molecule has 0 aliphatic carbocycles. The fraction of sp³-hybridized carbons (Fsp3) is 0. The van der Waals surface area contributed by atoms with Crippen LogP contribution in [0.1, 0.15) is 0 Å². The molecule has 0 fully saturated rings. The second kappa shape index (κ2) is 13.0. The van der Waals surface area contributed by atoms with Gasteiger partial charge in [-0.1, -0.05) is 164 Å². The van der Waals surface area contributed by atoms with Gasteiger partial charge < -0.3 is 8.98 Å². The zero-order valence-electron chi connectivity index (χ0n) is 30.2. The third-order valence-corrected chi connectivity index (χ3v) is 10.7. The summed E-state index contributed by atoms with van der Waals surface area (Å²) in [6, 6.07) is 67.3. The van der Waals surface area contributed by atoms with Crippen molar-refractivity contribution < 1.29 is 4.42 Å². The molecule has 56 heavy (non-hydrogen) atoms. The van der Waals surface area contributed by atoms with Crippen LogP contribution in [0.15, 0.2) is 199 Å². The number of fused-ring (bicyclic) bond motifs is 7. The molecule has 0 radical (unpaired) electrons. The van der Waals surface area contributed by atoms with Crippen molar-refractivity contribution >= 4 is 43.7 Å². The van der Waals surface area contributed by atoms with Gasteiger partial charge in [-0.15, -0.1) is 0 Å². The number of hydrogen-bond acceptors (Lipinski definition) is 4. The van der Waals surface area contributed by atoms with E-state index in [1.165, 1.54) is 10.8 Å². The molecule has 0 unspecified atom stereocenters. The van der Waals surface area contributed by atoms with E-state index >= 15 is 0 Å². The molecule has 8 aromatic carbocycles. The number of furan rings is 1. The maximum absolute atomic E-state index is 6.98. The Morgan fingerprint density at radius 1 is 0.339 bits per heavy atom. The van der Waals surface area contributed by atoms with Crippen LogP contribution in [0, 0.1) is 0 Å². The highest BCUT2D eigenvalue weighted by Gasteiger charge is 2.21. The summed E-state index contributed by atoms with van der Waals surface area (Å²) in [5.41, 5.74) is 12.2. The third-order valence-electron chi connectivity index (χ3n) is 10.7. The molecule has 0 saturated heterocycles. The van der Waals surface area contributed by atoms with E-state index in [0.717, 1.165) is 77.6 Å². The van der Waals surface area contributed by atoms with Crippen LogP contribution in [-0.4, -0.2) is 19.5 Å². The van der Waals surface area contributed by atoms with Gasteiger partial charge in [0.2, 0.25) is 0 Å². The number of aromatic nitrogens is 4. The Balaban J connectivity index is 1.04. The van der Waals surface area contributed by atoms with E-state index in [0.29, 0.717) is 17.5 Å². The SMILES string of the molecule is c1ccc(-c2cccc(-c3nc(-c4ccccc4)nc(-c4ccc(-c5cccc6c5oc5c6ccc6c7ccccc7n(-c7ccccc7)c65)cc4)n3)c2)cc1. The van der Waals surface area contributed by atoms with Gasteiger partial charge in [-0.2, -0.15) is 0 Å². The summed E-state index contributed by atoms with van der Waals surface area (Å²) in [6.07, 6.45) is 0. The molecule has 0 atom stereocenters. The fourth-order valence-electron chi connectivity index (χ4n) is 7.99. The van der Waals surface area contributed by atoms with Crippen LogP contribution in [0.4, 0.5) is 0 Å². The molecule has 0 N–H and O–H groups in total. The Bertz CT molecular complexity index is 3220. The van der Waals surface area contributed by atoms with Gasteiger partial charge in [-0.25, -0.2) is 15.0 Å². The van der Waals surface area contributed by atoms with E-state index in [2.05, 4.69) is 162 Å². The lowest BCUT2D eigenvalue weighted by atomic mass is 10.0. The van der Waals surface area contributed by atoms with Gasteiger partial charge >= 0.3 is 0 Å². The van der Waals surface area contributed by atoms with E-state index in [1.54, 1.807) is 0 Å². The maximum atomic E-state index is 6.98. The van der Waals surface area contributed by atoms with Gasteiger partial charge in [0, 0.05) is 49.5 Å². The van der Waals surface area contributed by atoms with Crippen molar-refractivity contribution in [2.24, 2.45) is 0 Å². The minimum Gasteiger partial charge on any atom is -0.453 e. The Morgan fingerprint density at radius 2 is 0.857 bits per heavy atom. The molecule has 0 aliphatic heterocycles. The standard InChI is InChI=1S/C51H32N4O/c1-4-14-33(15-5-1)37-18-12-19-38(32-37)51-53-49(35-16-6-2-7-17-35)52-50(54-51)36-28-26-34(27-29-36)40-23-13-24-43-44-31-30-42-41-22-10-11-25-45(41)55(39-20-8-3-9-21-39)46(42)48(44)56-47(40)43/h1-32H. The molecule has 0 saturated carbocycles. The van der Waals surface area contributed by atoms with Gasteiger partial charge in [-0.05, 0) is 47.0 Å². The molecule has 0 aliphatic rings. The van der Waals surface area contributed by atoms with Crippen molar-refractivity contribution in [2.45, 2.75) is 0 Å². The van der Waals surface area contributed by atoms with Crippen LogP contribution in [0.3, 0.4) is 0 Å². The van der Waals surface area contributed by atoms with Crippen LogP contribution < -0.4 is 0 Å². The van der Waals surface area contributed by atoms with E-state index < -0.39 is 0 Å². The molecule has 11 aromatic rings. The molecule has 5 nitrogen and oxygen atoms in total. The smallest absolute Gasteiger partial charge is 0.164 e. The Kier molecular flexibility index (Phi) is 7.42. The largest absolute Gasteiger partial charge is 0.453 e. The average molecular weight is 717 g/mol. The number of nitrogens with zero attached hydrogens (tertiary/aromatic N) is 4. The van der Waals surface area contributed by atoms with Crippen molar-refractivity contribution in [2.75, 3.05) is 0 Å². The quantitative estimate of drug-likeness (QED) is 0.172. The van der Waals surface area contributed by atoms with E-state index in [4.69, 9.17) is 19.4 Å². The van der Waals surface area contributed by atoms with E-state index in [-0.39, 0.29) is 0 Å². The molecule has 3 heterocycles. The number of hydrogen-bond donors (Lipinski definition) is 0. The first-order chi connectivity index (χ1) is 27.8. The highest BCUT2D eigenvalue weighted by molar-refractivity contribution is 6.22. The summed E-state index contributed by atoms with van der Waals surface area (Å²) in [4.78, 5) is 15.0. The molecule has 0 spiro atoms. The third kappa shape index (κ3) is 5.29. The van der Waals surface area contributed by atoms with Crippen molar-refractivity contribution in [3.05, 3.63) is 194 Å². The number of para-hydroxylation sites is 3. The van der Waals surface area contributed by atoms with Gasteiger partial charge in [-0.3, -0.25) is 0 Å². The highest BCUT2D eigenvalue weighted by Crippen LogP contribution is 2.42. The van der Waals surface area contributed by atoms with E-state index in [1.807, 2.05) is 36.4 Å². The van der Waals surface area contributed by atoms with Gasteiger partial charge in [0.15, 0.2) is 23.1 Å². The second-order valence-electron chi connectivity index (χ2n) is 14.0. The minimum absolute atomic E-state index is 0.614. The zero-order valence-corrected chi connectivity index (χ0v) is 30.2. The summed E-state index contributed by atoms with van der Waals surface area (Å²) in [5, 5.41) is 4.54. The summed E-state index contributed by atoms with van der Waals surface area (Å²) in [5.74, 6) is 1.87. The van der Waals surface area contributed by atoms with Crippen LogP contribution in [-0.2, 0) is 0 Å². The van der Waals surface area contributed by atoms with Crippen LogP contribution in [0.2, 0.25) is 0 Å². The Labute approximate surface area is 322 Å². The lowest BCUT2D eigenvalue weighted by Gasteiger charge is -2.10. The monoisotopic (exact) mass is 716 g/mol. The van der Waals surface area contributed by atoms with Crippen LogP contribution >= 0.6 is 0 Å². The summed E-state index contributed by atoms with van der Waals surface area (Å²) in [7, 11) is 0. The molecule has 5 heteroatoms. The lowest BCUT2D eigenvalue weighted by Crippen LogP contribution is -2.00. The predicted octanol–water partition coefficient (Wildman–Crippen LogP) is 13.2. The van der Waals surface area contributed by atoms with E-state index in [9.17, 15) is 0 Å². The normalized spacial score (nSPS) is 11.6. The van der Waals surface area contributed by atoms with Crippen molar-refractivity contribution in [1.82, 2.24) is 19.5 Å². The van der Waals surface area contributed by atoms with Crippen molar-refractivity contribution in [1.29, 1.82) is 0 Å². The lowest BCUT2D eigenvalue weighted by molar-refractivity contribution is 0.672. The zero-order chi connectivity index (χ0) is 37.0. The molecule has 3 aromatic heterocycles. The van der Waals surface area contributed by atoms with Gasteiger partial charge in [0.1, 0.15) is 5.58 Å². The van der Waals surface area contributed by atoms with Crippen LogP contribution in [0.25, 0.3) is 106 Å². The Morgan fingerprint density at radius 3 is 1.61 bits per heavy atom. The average Bonchev–Trinajstić information content (AvgIpc) is 3.84. The fourth-order valence-corrected chi connectivity index (χ4v) is 7.99. The molecule has 11 rings (SSSR count). The maximum Gasteiger partial charge on any atom is 0.164 e. The minimum atomic E-state index is 0.614. The summed E-state index contributed by atoms with van der Waals surface area (Å²) < 4.78 is 9.30. The topological polar surface area (TPSA) is 56.7 Å². The second-order valence-corrected chi connectivity index (χ2v) is 14.0. The highest BCUT2D eigenvalue weighted by atomic mass is 16.3. The Hall–Kier alpha value is -7.63. The number of rotatable bonds is 6. The van der Waals surface area contributed by atoms with Crippen molar-refractivity contribution in [3.63, 3.8) is 0 Å².